The van der Waals surface area contributed by atoms with E-state index in [0.29, 0.717) is 11.5 Å². The molecule has 0 saturated carbocycles. The number of nitrogens with two attached hydrogens (primary N) is 1. The van der Waals surface area contributed by atoms with Gasteiger partial charge < -0.3 is 10.5 Å². The average Bonchev–Trinajstić information content (AvgIpc) is 2.87. The highest BCUT2D eigenvalue weighted by Crippen LogP contribution is 2.42. The second kappa shape index (κ2) is 5.41. The normalized spacial score (nSPS) is 17.7. The summed E-state index contributed by atoms with van der Waals surface area (Å²) in [5, 5.41) is 16.5. The summed E-state index contributed by atoms with van der Waals surface area (Å²) in [6, 6.07) is 12.1. The molecular formula is C17H16N4O. The van der Waals surface area contributed by atoms with Gasteiger partial charge in [0, 0.05) is 11.3 Å². The molecule has 5 nitrogen and oxygen atoms in total. The van der Waals surface area contributed by atoms with Crippen LogP contribution in [0.2, 0.25) is 0 Å². The average molecular weight is 292 g/mol. The van der Waals surface area contributed by atoms with Crippen LogP contribution in [0.4, 0.5) is 0 Å². The minimum absolute atomic E-state index is 0.118. The van der Waals surface area contributed by atoms with Crippen molar-refractivity contribution in [1.82, 2.24) is 10.2 Å². The van der Waals surface area contributed by atoms with Gasteiger partial charge in [0.25, 0.3) is 0 Å². The number of rotatable bonds is 2. The first-order valence-corrected chi connectivity index (χ1v) is 6.97. The summed E-state index contributed by atoms with van der Waals surface area (Å²) in [7, 11) is 0. The molecule has 1 aromatic carbocycles. The van der Waals surface area contributed by atoms with E-state index in [2.05, 4.69) is 22.3 Å². The van der Waals surface area contributed by atoms with Crippen molar-refractivity contribution in [3.8, 4) is 11.9 Å². The van der Waals surface area contributed by atoms with E-state index in [9.17, 15) is 5.26 Å². The summed E-state index contributed by atoms with van der Waals surface area (Å²) in [4.78, 5) is 0. The van der Waals surface area contributed by atoms with Crippen LogP contribution in [-0.4, -0.2) is 10.2 Å². The predicted molar refractivity (Wildman–Crippen MR) is 83.6 cm³/mol. The summed E-state index contributed by atoms with van der Waals surface area (Å²) in [5.74, 6) is 0.319. The number of benzene rings is 1. The van der Waals surface area contributed by atoms with Crippen molar-refractivity contribution >= 4 is 6.08 Å². The fraction of sp³-hybridized carbons (Fsp3) is 0.176. The summed E-state index contributed by atoms with van der Waals surface area (Å²) in [6.45, 7) is 3.90. The molecule has 110 valence electrons. The summed E-state index contributed by atoms with van der Waals surface area (Å²) in [6.07, 6.45) is 2.05. The van der Waals surface area contributed by atoms with Crippen LogP contribution in [0, 0.1) is 18.3 Å². The van der Waals surface area contributed by atoms with E-state index < -0.39 is 0 Å². The lowest BCUT2D eigenvalue weighted by Crippen LogP contribution is -2.21. The SMILES string of the molecule is C/C(=C\c1ccccc1)C1C(C#N)=C(N)Oc2n[nH]c(C)c21. The Balaban J connectivity index is 2.13. The minimum Gasteiger partial charge on any atom is -0.420 e. The Labute approximate surface area is 128 Å². The van der Waals surface area contributed by atoms with Gasteiger partial charge in [0.1, 0.15) is 11.6 Å². The van der Waals surface area contributed by atoms with E-state index in [0.717, 1.165) is 22.4 Å². The Morgan fingerprint density at radius 3 is 2.82 bits per heavy atom. The zero-order valence-electron chi connectivity index (χ0n) is 12.4. The fourth-order valence-corrected chi connectivity index (χ4v) is 2.75. The van der Waals surface area contributed by atoms with Crippen molar-refractivity contribution in [1.29, 1.82) is 5.26 Å². The fourth-order valence-electron chi connectivity index (χ4n) is 2.75. The zero-order valence-corrected chi connectivity index (χ0v) is 12.4. The Hall–Kier alpha value is -3.00. The first-order valence-electron chi connectivity index (χ1n) is 6.97. The van der Waals surface area contributed by atoms with Gasteiger partial charge in [-0.05, 0) is 19.4 Å². The number of H-pyrrole nitrogens is 1. The molecule has 0 saturated heterocycles. The Kier molecular flexibility index (Phi) is 3.43. The molecule has 0 spiro atoms. The molecule has 2 aromatic rings. The predicted octanol–water partition coefficient (Wildman–Crippen LogP) is 2.99. The van der Waals surface area contributed by atoms with Crippen molar-refractivity contribution in [3.05, 3.63) is 64.2 Å². The first-order chi connectivity index (χ1) is 10.6. The number of aryl methyl sites for hydroxylation is 1. The molecule has 3 N–H and O–H groups in total. The molecule has 0 amide bonds. The van der Waals surface area contributed by atoms with Crippen molar-refractivity contribution in [2.75, 3.05) is 0 Å². The van der Waals surface area contributed by atoms with Gasteiger partial charge in [0.15, 0.2) is 0 Å². The van der Waals surface area contributed by atoms with Gasteiger partial charge in [0.05, 0.1) is 5.92 Å². The van der Waals surface area contributed by atoms with Gasteiger partial charge in [-0.2, -0.15) is 5.26 Å². The second-order valence-corrected chi connectivity index (χ2v) is 5.29. The maximum Gasteiger partial charge on any atom is 0.244 e. The van der Waals surface area contributed by atoms with Gasteiger partial charge in [-0.1, -0.05) is 42.0 Å². The summed E-state index contributed by atoms with van der Waals surface area (Å²) >= 11 is 0. The molecule has 1 aliphatic heterocycles. The Morgan fingerprint density at radius 1 is 1.41 bits per heavy atom. The molecule has 1 aliphatic rings. The standard InChI is InChI=1S/C17H16N4O/c1-10(8-12-6-4-3-5-7-12)14-13(9-18)16(19)22-17-15(14)11(2)20-21-17/h3-8,14H,19H2,1-2H3,(H,20,21)/b10-8+. The molecular weight excluding hydrogens is 276 g/mol. The number of ether oxygens (including phenoxy) is 1. The zero-order chi connectivity index (χ0) is 15.7. The monoisotopic (exact) mass is 292 g/mol. The van der Waals surface area contributed by atoms with Crippen LogP contribution in [0.25, 0.3) is 6.08 Å². The molecule has 0 aliphatic carbocycles. The number of aromatic amines is 1. The molecule has 1 aromatic heterocycles. The molecule has 0 bridgehead atoms. The topological polar surface area (TPSA) is 87.7 Å². The van der Waals surface area contributed by atoms with E-state index in [-0.39, 0.29) is 11.8 Å². The number of nitrogens with one attached hydrogen (secondary N) is 1. The third kappa shape index (κ3) is 2.25. The largest absolute Gasteiger partial charge is 0.420 e. The lowest BCUT2D eigenvalue weighted by Gasteiger charge is -2.24. The highest BCUT2D eigenvalue weighted by molar-refractivity contribution is 5.61. The van der Waals surface area contributed by atoms with Crippen LogP contribution in [0.1, 0.15) is 29.7 Å². The molecule has 5 heteroatoms. The van der Waals surface area contributed by atoms with Gasteiger partial charge in [0.2, 0.25) is 11.8 Å². The third-order valence-corrected chi connectivity index (χ3v) is 3.78. The van der Waals surface area contributed by atoms with Crippen molar-refractivity contribution in [3.63, 3.8) is 0 Å². The molecule has 1 atom stereocenters. The van der Waals surface area contributed by atoms with Gasteiger partial charge in [-0.3, -0.25) is 5.10 Å². The van der Waals surface area contributed by atoms with Crippen LogP contribution in [0.15, 0.2) is 47.4 Å². The van der Waals surface area contributed by atoms with Crippen molar-refractivity contribution < 1.29 is 4.74 Å². The number of fused-ring (bicyclic) bond motifs is 1. The van der Waals surface area contributed by atoms with Crippen LogP contribution >= 0.6 is 0 Å². The first kappa shape index (κ1) is 14.0. The van der Waals surface area contributed by atoms with Gasteiger partial charge >= 0.3 is 0 Å². The smallest absolute Gasteiger partial charge is 0.244 e. The number of nitriles is 1. The van der Waals surface area contributed by atoms with Crippen LogP contribution in [0.5, 0.6) is 5.88 Å². The highest BCUT2D eigenvalue weighted by atomic mass is 16.5. The summed E-state index contributed by atoms with van der Waals surface area (Å²) < 4.78 is 5.45. The third-order valence-electron chi connectivity index (χ3n) is 3.78. The second-order valence-electron chi connectivity index (χ2n) is 5.29. The Morgan fingerprint density at radius 2 is 2.14 bits per heavy atom. The Bertz CT molecular complexity index is 809. The maximum atomic E-state index is 9.48. The number of hydrogen-bond acceptors (Lipinski definition) is 4. The van der Waals surface area contributed by atoms with E-state index in [4.69, 9.17) is 10.5 Å². The lowest BCUT2D eigenvalue weighted by atomic mass is 9.84. The minimum atomic E-state index is -0.243. The van der Waals surface area contributed by atoms with Crippen LogP contribution in [0.3, 0.4) is 0 Å². The molecule has 2 heterocycles. The van der Waals surface area contributed by atoms with E-state index >= 15 is 0 Å². The number of nitrogens with zero attached hydrogens (tertiary/aromatic N) is 2. The molecule has 0 fully saturated rings. The molecule has 0 radical (unpaired) electrons. The maximum absolute atomic E-state index is 9.48. The highest BCUT2D eigenvalue weighted by Gasteiger charge is 2.33. The van der Waals surface area contributed by atoms with E-state index in [1.807, 2.05) is 44.2 Å². The van der Waals surface area contributed by atoms with E-state index in [1.54, 1.807) is 0 Å². The lowest BCUT2D eigenvalue weighted by molar-refractivity contribution is 0.378. The number of allylic oxidation sites excluding steroid dienone is 2. The van der Waals surface area contributed by atoms with Crippen molar-refractivity contribution in [2.24, 2.45) is 5.73 Å². The molecule has 22 heavy (non-hydrogen) atoms. The quantitative estimate of drug-likeness (QED) is 0.890. The van der Waals surface area contributed by atoms with Crippen molar-refractivity contribution in [2.45, 2.75) is 19.8 Å². The van der Waals surface area contributed by atoms with E-state index in [1.165, 1.54) is 0 Å². The molecule has 1 unspecified atom stereocenters. The van der Waals surface area contributed by atoms with Crippen LogP contribution < -0.4 is 10.5 Å². The number of hydrogen-bond donors (Lipinski definition) is 2. The van der Waals surface area contributed by atoms with Crippen LogP contribution in [-0.2, 0) is 0 Å². The molecule has 3 rings (SSSR count). The van der Waals surface area contributed by atoms with Gasteiger partial charge in [-0.25, -0.2) is 0 Å². The summed E-state index contributed by atoms with van der Waals surface area (Å²) in [5.41, 5.74) is 10.1. The number of aromatic nitrogens is 2. The van der Waals surface area contributed by atoms with Gasteiger partial charge in [-0.15, -0.1) is 5.10 Å².